The van der Waals surface area contributed by atoms with Gasteiger partial charge in [0, 0.05) is 16.3 Å². The summed E-state index contributed by atoms with van der Waals surface area (Å²) in [6, 6.07) is 22.3. The van der Waals surface area contributed by atoms with Crippen LogP contribution in [0.25, 0.3) is 17.1 Å². The molecule has 0 atom stereocenters. The predicted molar refractivity (Wildman–Crippen MR) is 139 cm³/mol. The molecular weight excluding hydrogens is 513 g/mol. The summed E-state index contributed by atoms with van der Waals surface area (Å²) in [5.74, 6) is 0.481. The van der Waals surface area contributed by atoms with Crippen LogP contribution in [0.5, 0.6) is 0 Å². The van der Waals surface area contributed by atoms with Gasteiger partial charge >= 0.3 is 0 Å². The number of nitrogens with zero attached hydrogens (tertiary/aromatic N) is 4. The first-order valence-electron chi connectivity index (χ1n) is 10.1. The molecule has 34 heavy (non-hydrogen) atoms. The van der Waals surface area contributed by atoms with Gasteiger partial charge in [-0.05, 0) is 48.9 Å². The maximum Gasteiger partial charge on any atom is 0.250 e. The lowest BCUT2D eigenvalue weighted by molar-refractivity contribution is -0.118. The Morgan fingerprint density at radius 3 is 2.41 bits per heavy atom. The first kappa shape index (κ1) is 24.3. The molecule has 0 bridgehead atoms. The summed E-state index contributed by atoms with van der Waals surface area (Å²) in [6.45, 7) is 1.77. The van der Waals surface area contributed by atoms with E-state index in [-0.39, 0.29) is 11.7 Å². The molecule has 1 aromatic heterocycles. The number of benzene rings is 3. The van der Waals surface area contributed by atoms with Crippen LogP contribution in [-0.2, 0) is 4.79 Å². The van der Waals surface area contributed by atoms with Crippen LogP contribution in [0.2, 0.25) is 15.1 Å². The van der Waals surface area contributed by atoms with Crippen LogP contribution in [0.3, 0.4) is 0 Å². The molecule has 0 spiro atoms. The van der Waals surface area contributed by atoms with Crippen molar-refractivity contribution in [2.45, 2.75) is 12.1 Å². The van der Waals surface area contributed by atoms with E-state index < -0.39 is 0 Å². The Kier molecular flexibility index (Phi) is 7.90. The molecule has 172 valence electrons. The summed E-state index contributed by atoms with van der Waals surface area (Å²) in [6.07, 6.45) is 0. The molecule has 0 radical (unpaired) electrons. The number of amides is 1. The topological polar surface area (TPSA) is 72.2 Å². The van der Waals surface area contributed by atoms with Crippen LogP contribution in [0.15, 0.2) is 83.1 Å². The second-order valence-corrected chi connectivity index (χ2v) is 9.33. The van der Waals surface area contributed by atoms with Gasteiger partial charge in [-0.15, -0.1) is 10.2 Å². The Morgan fingerprint density at radius 2 is 1.71 bits per heavy atom. The standard InChI is InChI=1S/C24H18Cl3N5OS/c1-15(17-7-12-20(26)21(27)13-17)28-29-22(33)14-34-24-31-30-23(16-5-3-2-4-6-16)32(24)19-10-8-18(25)9-11-19/h2-13H,14H2,1H3,(H,29,33)/b28-15-. The number of hydrazone groups is 1. The van der Waals surface area contributed by atoms with Crippen molar-refractivity contribution in [3.05, 3.63) is 93.4 Å². The van der Waals surface area contributed by atoms with Gasteiger partial charge in [0.2, 0.25) is 0 Å². The Bertz CT molecular complexity index is 1340. The van der Waals surface area contributed by atoms with Gasteiger partial charge in [0.05, 0.1) is 21.5 Å². The zero-order valence-corrected chi connectivity index (χ0v) is 21.0. The van der Waals surface area contributed by atoms with E-state index in [4.69, 9.17) is 34.8 Å². The van der Waals surface area contributed by atoms with Crippen molar-refractivity contribution >= 4 is 58.2 Å². The molecule has 0 aliphatic carbocycles. The number of nitrogens with one attached hydrogen (secondary N) is 1. The Balaban J connectivity index is 1.51. The third kappa shape index (κ3) is 5.80. The lowest BCUT2D eigenvalue weighted by atomic mass is 10.1. The molecule has 0 aliphatic heterocycles. The van der Waals surface area contributed by atoms with Crippen LogP contribution in [0.4, 0.5) is 0 Å². The van der Waals surface area contributed by atoms with Crippen LogP contribution in [-0.4, -0.2) is 32.1 Å². The number of carbonyl (C=O) groups excluding carboxylic acids is 1. The maximum absolute atomic E-state index is 12.5. The van der Waals surface area contributed by atoms with E-state index in [0.717, 1.165) is 16.8 Å². The normalized spacial score (nSPS) is 11.5. The molecule has 1 heterocycles. The fourth-order valence-corrected chi connectivity index (χ4v) is 4.22. The smallest absolute Gasteiger partial charge is 0.250 e. The van der Waals surface area contributed by atoms with Crippen molar-refractivity contribution in [1.29, 1.82) is 0 Å². The summed E-state index contributed by atoms with van der Waals surface area (Å²) < 4.78 is 1.90. The molecule has 0 unspecified atom stereocenters. The monoisotopic (exact) mass is 529 g/mol. The van der Waals surface area contributed by atoms with E-state index in [0.29, 0.717) is 31.8 Å². The third-order valence-electron chi connectivity index (χ3n) is 4.77. The van der Waals surface area contributed by atoms with Crippen molar-refractivity contribution in [1.82, 2.24) is 20.2 Å². The fourth-order valence-electron chi connectivity index (χ4n) is 3.05. The van der Waals surface area contributed by atoms with Gasteiger partial charge in [-0.2, -0.15) is 5.10 Å². The van der Waals surface area contributed by atoms with E-state index in [1.165, 1.54) is 11.8 Å². The molecule has 10 heteroatoms. The summed E-state index contributed by atoms with van der Waals surface area (Å²) >= 11 is 19.3. The highest BCUT2D eigenvalue weighted by atomic mass is 35.5. The molecule has 0 saturated carbocycles. The van der Waals surface area contributed by atoms with E-state index in [1.807, 2.05) is 47.0 Å². The average Bonchev–Trinajstić information content (AvgIpc) is 3.28. The molecule has 4 aromatic rings. The Morgan fingerprint density at radius 1 is 0.971 bits per heavy atom. The predicted octanol–water partition coefficient (Wildman–Crippen LogP) is 6.53. The molecule has 1 N–H and O–H groups in total. The number of rotatable bonds is 7. The fraction of sp³-hybridized carbons (Fsp3) is 0.0833. The van der Waals surface area contributed by atoms with Crippen LogP contribution >= 0.6 is 46.6 Å². The van der Waals surface area contributed by atoms with Gasteiger partial charge in [-0.3, -0.25) is 9.36 Å². The molecule has 0 fully saturated rings. The van der Waals surface area contributed by atoms with E-state index in [9.17, 15) is 4.79 Å². The SMILES string of the molecule is C/C(=N/NC(=O)CSc1nnc(-c2ccccc2)n1-c1ccc(Cl)cc1)c1ccc(Cl)c(Cl)c1. The number of aromatic nitrogens is 3. The summed E-state index contributed by atoms with van der Waals surface area (Å²) in [5, 5.41) is 14.9. The first-order valence-corrected chi connectivity index (χ1v) is 12.2. The zero-order chi connectivity index (χ0) is 24.1. The van der Waals surface area contributed by atoms with E-state index in [1.54, 1.807) is 37.3 Å². The largest absolute Gasteiger partial charge is 0.272 e. The summed E-state index contributed by atoms with van der Waals surface area (Å²) in [7, 11) is 0. The minimum Gasteiger partial charge on any atom is -0.272 e. The molecule has 3 aromatic carbocycles. The highest BCUT2D eigenvalue weighted by Crippen LogP contribution is 2.28. The van der Waals surface area contributed by atoms with Crippen molar-refractivity contribution < 1.29 is 4.79 Å². The molecule has 4 rings (SSSR count). The lowest BCUT2D eigenvalue weighted by Gasteiger charge is -2.10. The minimum absolute atomic E-state index is 0.0959. The van der Waals surface area contributed by atoms with Crippen molar-refractivity contribution in [3.63, 3.8) is 0 Å². The minimum atomic E-state index is -0.281. The third-order valence-corrected chi connectivity index (χ3v) is 6.69. The Labute approximate surface area is 215 Å². The number of hydrogen-bond acceptors (Lipinski definition) is 5. The Hall–Kier alpha value is -2.84. The van der Waals surface area contributed by atoms with Gasteiger partial charge in [-0.25, -0.2) is 5.43 Å². The molecule has 6 nitrogen and oxygen atoms in total. The van der Waals surface area contributed by atoms with Crippen LogP contribution < -0.4 is 5.43 Å². The summed E-state index contributed by atoms with van der Waals surface area (Å²) in [4.78, 5) is 12.5. The van der Waals surface area contributed by atoms with Gasteiger partial charge in [0.15, 0.2) is 11.0 Å². The van der Waals surface area contributed by atoms with Gasteiger partial charge in [0.25, 0.3) is 5.91 Å². The summed E-state index contributed by atoms with van der Waals surface area (Å²) in [5.41, 5.74) is 5.68. The van der Waals surface area contributed by atoms with Crippen molar-refractivity contribution in [3.8, 4) is 17.1 Å². The second-order valence-electron chi connectivity index (χ2n) is 7.13. The van der Waals surface area contributed by atoms with Crippen LogP contribution in [0.1, 0.15) is 12.5 Å². The average molecular weight is 531 g/mol. The van der Waals surface area contributed by atoms with Gasteiger partial charge < -0.3 is 0 Å². The first-order chi connectivity index (χ1) is 16.4. The molecule has 0 saturated heterocycles. The van der Waals surface area contributed by atoms with E-state index >= 15 is 0 Å². The van der Waals surface area contributed by atoms with Crippen molar-refractivity contribution in [2.24, 2.45) is 5.10 Å². The van der Waals surface area contributed by atoms with E-state index in [2.05, 4.69) is 20.7 Å². The zero-order valence-electron chi connectivity index (χ0n) is 17.9. The van der Waals surface area contributed by atoms with Gasteiger partial charge in [-0.1, -0.05) is 83.0 Å². The number of hydrogen-bond donors (Lipinski definition) is 1. The van der Waals surface area contributed by atoms with Gasteiger partial charge in [0.1, 0.15) is 0 Å². The highest BCUT2D eigenvalue weighted by molar-refractivity contribution is 7.99. The quantitative estimate of drug-likeness (QED) is 0.168. The second kappa shape index (κ2) is 11.1. The maximum atomic E-state index is 12.5. The molecule has 1 amide bonds. The molecule has 0 aliphatic rings. The lowest BCUT2D eigenvalue weighted by Crippen LogP contribution is -2.21. The number of halogens is 3. The van der Waals surface area contributed by atoms with Crippen molar-refractivity contribution in [2.75, 3.05) is 5.75 Å². The number of thioether (sulfide) groups is 1. The molecular formula is C24H18Cl3N5OS. The number of carbonyl (C=O) groups is 1. The van der Waals surface area contributed by atoms with Crippen LogP contribution in [0, 0.1) is 0 Å². The highest BCUT2D eigenvalue weighted by Gasteiger charge is 2.17.